The molecule has 4 nitrogen and oxygen atoms in total. The standard InChI is InChI=1S/C19H24ClN3O/c20-16-9-7-8-15(14-16)19(17-10-4-6-13-22-17)23-18(24)11-3-1-2-5-12-21/h4,6-10,13-14,19H,1-3,5,11-12,21H2,(H,23,24). The molecule has 0 fully saturated rings. The molecule has 0 spiro atoms. The number of nitrogens with one attached hydrogen (secondary N) is 1. The van der Waals surface area contributed by atoms with Gasteiger partial charge in [0.1, 0.15) is 0 Å². The summed E-state index contributed by atoms with van der Waals surface area (Å²) in [5.74, 6) is 0.0263. The van der Waals surface area contributed by atoms with Gasteiger partial charge in [-0.2, -0.15) is 0 Å². The van der Waals surface area contributed by atoms with Crippen LogP contribution in [0.5, 0.6) is 0 Å². The highest BCUT2D eigenvalue weighted by Gasteiger charge is 2.18. The molecule has 0 aliphatic rings. The maximum Gasteiger partial charge on any atom is 0.220 e. The Hall–Kier alpha value is -1.91. The highest BCUT2D eigenvalue weighted by molar-refractivity contribution is 6.30. The van der Waals surface area contributed by atoms with Gasteiger partial charge in [-0.1, -0.05) is 42.6 Å². The first-order chi connectivity index (χ1) is 11.7. The van der Waals surface area contributed by atoms with Gasteiger partial charge in [-0.25, -0.2) is 0 Å². The van der Waals surface area contributed by atoms with Gasteiger partial charge in [-0.3, -0.25) is 9.78 Å². The predicted molar refractivity (Wildman–Crippen MR) is 97.8 cm³/mol. The van der Waals surface area contributed by atoms with Gasteiger partial charge in [-0.15, -0.1) is 0 Å². The summed E-state index contributed by atoms with van der Waals surface area (Å²) in [6.45, 7) is 0.711. The van der Waals surface area contributed by atoms with Gasteiger partial charge in [0, 0.05) is 17.6 Å². The molecule has 0 aliphatic heterocycles. The first kappa shape index (κ1) is 18.4. The molecule has 1 atom stereocenters. The second-order valence-corrected chi connectivity index (χ2v) is 6.20. The fourth-order valence-electron chi connectivity index (χ4n) is 2.58. The van der Waals surface area contributed by atoms with Gasteiger partial charge in [0.15, 0.2) is 0 Å². The summed E-state index contributed by atoms with van der Waals surface area (Å²) in [5.41, 5.74) is 7.21. The van der Waals surface area contributed by atoms with Crippen LogP contribution in [0.2, 0.25) is 5.02 Å². The first-order valence-corrected chi connectivity index (χ1v) is 8.74. The smallest absolute Gasteiger partial charge is 0.220 e. The Bertz CT molecular complexity index is 634. The quantitative estimate of drug-likeness (QED) is 0.678. The van der Waals surface area contributed by atoms with Gasteiger partial charge in [0.25, 0.3) is 0 Å². The van der Waals surface area contributed by atoms with E-state index in [4.69, 9.17) is 17.3 Å². The van der Waals surface area contributed by atoms with Crippen molar-refractivity contribution >= 4 is 17.5 Å². The van der Waals surface area contributed by atoms with Crippen molar-refractivity contribution in [2.24, 2.45) is 5.73 Å². The summed E-state index contributed by atoms with van der Waals surface area (Å²) in [6.07, 6.45) is 6.22. The molecule has 5 heteroatoms. The zero-order chi connectivity index (χ0) is 17.2. The average molecular weight is 346 g/mol. The molecule has 2 rings (SSSR count). The monoisotopic (exact) mass is 345 g/mol. The minimum atomic E-state index is -0.290. The largest absolute Gasteiger partial charge is 0.344 e. The van der Waals surface area contributed by atoms with Crippen molar-refractivity contribution in [2.45, 2.75) is 38.1 Å². The van der Waals surface area contributed by atoms with E-state index in [0.29, 0.717) is 18.0 Å². The molecular weight excluding hydrogens is 322 g/mol. The van der Waals surface area contributed by atoms with Crippen molar-refractivity contribution in [3.05, 3.63) is 64.9 Å². The van der Waals surface area contributed by atoms with E-state index in [2.05, 4.69) is 10.3 Å². The van der Waals surface area contributed by atoms with Crippen LogP contribution in [0.25, 0.3) is 0 Å². The number of nitrogens with two attached hydrogens (primary N) is 1. The van der Waals surface area contributed by atoms with E-state index in [1.807, 2.05) is 42.5 Å². The van der Waals surface area contributed by atoms with Crippen LogP contribution in [-0.2, 0) is 4.79 Å². The number of hydrogen-bond acceptors (Lipinski definition) is 3. The van der Waals surface area contributed by atoms with E-state index >= 15 is 0 Å². The number of aromatic nitrogens is 1. The lowest BCUT2D eigenvalue weighted by Gasteiger charge is -2.19. The van der Waals surface area contributed by atoms with E-state index < -0.39 is 0 Å². The van der Waals surface area contributed by atoms with Crippen LogP contribution in [0.3, 0.4) is 0 Å². The molecule has 0 bridgehead atoms. The molecule has 1 heterocycles. The topological polar surface area (TPSA) is 68.0 Å². The number of rotatable bonds is 9. The number of halogens is 1. The number of pyridine rings is 1. The maximum absolute atomic E-state index is 12.3. The van der Waals surface area contributed by atoms with Crippen molar-refractivity contribution in [1.29, 1.82) is 0 Å². The number of nitrogens with zero attached hydrogens (tertiary/aromatic N) is 1. The molecule has 1 unspecified atom stereocenters. The van der Waals surface area contributed by atoms with Crippen molar-refractivity contribution in [2.75, 3.05) is 6.54 Å². The molecule has 24 heavy (non-hydrogen) atoms. The zero-order valence-corrected chi connectivity index (χ0v) is 14.5. The third-order valence-electron chi connectivity index (χ3n) is 3.83. The van der Waals surface area contributed by atoms with Gasteiger partial charge < -0.3 is 11.1 Å². The Labute approximate surface area is 148 Å². The SMILES string of the molecule is NCCCCCCC(=O)NC(c1cccc(Cl)c1)c1ccccn1. The van der Waals surface area contributed by atoms with Crippen LogP contribution in [-0.4, -0.2) is 17.4 Å². The number of amides is 1. The lowest BCUT2D eigenvalue weighted by Crippen LogP contribution is -2.29. The molecule has 1 amide bonds. The summed E-state index contributed by atoms with van der Waals surface area (Å²) >= 11 is 6.10. The molecule has 1 aromatic carbocycles. The summed E-state index contributed by atoms with van der Waals surface area (Å²) in [4.78, 5) is 16.7. The van der Waals surface area contributed by atoms with Crippen LogP contribution >= 0.6 is 11.6 Å². The van der Waals surface area contributed by atoms with Crippen LogP contribution in [0.1, 0.15) is 49.4 Å². The van der Waals surface area contributed by atoms with Crippen LogP contribution in [0.15, 0.2) is 48.7 Å². The molecule has 0 aliphatic carbocycles. The van der Waals surface area contributed by atoms with Gasteiger partial charge in [0.2, 0.25) is 5.91 Å². The highest BCUT2D eigenvalue weighted by atomic mass is 35.5. The summed E-state index contributed by atoms with van der Waals surface area (Å²) in [5, 5.41) is 3.73. The third kappa shape index (κ3) is 5.95. The van der Waals surface area contributed by atoms with Crippen molar-refractivity contribution < 1.29 is 4.79 Å². The fraction of sp³-hybridized carbons (Fsp3) is 0.368. The minimum Gasteiger partial charge on any atom is -0.344 e. The Balaban J connectivity index is 2.03. The molecule has 0 saturated heterocycles. The molecule has 2 aromatic rings. The summed E-state index contributed by atoms with van der Waals surface area (Å²) in [6, 6.07) is 12.9. The van der Waals surface area contributed by atoms with Gasteiger partial charge in [0.05, 0.1) is 11.7 Å². The summed E-state index contributed by atoms with van der Waals surface area (Å²) < 4.78 is 0. The maximum atomic E-state index is 12.3. The second-order valence-electron chi connectivity index (χ2n) is 5.76. The zero-order valence-electron chi connectivity index (χ0n) is 13.7. The lowest BCUT2D eigenvalue weighted by atomic mass is 10.0. The second kappa shape index (κ2) is 10.1. The minimum absolute atomic E-state index is 0.0263. The van der Waals surface area contributed by atoms with E-state index in [9.17, 15) is 4.79 Å². The van der Waals surface area contributed by atoms with Crippen LogP contribution in [0.4, 0.5) is 0 Å². The van der Waals surface area contributed by atoms with E-state index in [1.165, 1.54) is 0 Å². The predicted octanol–water partition coefficient (Wildman–Crippen LogP) is 3.85. The number of carbonyl (C=O) groups excluding carboxylic acids is 1. The van der Waals surface area contributed by atoms with Gasteiger partial charge in [-0.05, 0) is 49.2 Å². The van der Waals surface area contributed by atoms with Gasteiger partial charge >= 0.3 is 0 Å². The summed E-state index contributed by atoms with van der Waals surface area (Å²) in [7, 11) is 0. The van der Waals surface area contributed by atoms with E-state index in [1.54, 1.807) is 6.20 Å². The average Bonchev–Trinajstić information content (AvgIpc) is 2.60. The van der Waals surface area contributed by atoms with Crippen LogP contribution in [0, 0.1) is 0 Å². The Kier molecular flexibility index (Phi) is 7.72. The fourth-order valence-corrected chi connectivity index (χ4v) is 2.78. The van der Waals surface area contributed by atoms with E-state index in [0.717, 1.165) is 36.9 Å². The van der Waals surface area contributed by atoms with E-state index in [-0.39, 0.29) is 11.9 Å². The molecule has 0 saturated carbocycles. The Morgan fingerprint density at radius 2 is 1.96 bits per heavy atom. The molecule has 128 valence electrons. The Morgan fingerprint density at radius 1 is 1.12 bits per heavy atom. The molecule has 1 aromatic heterocycles. The Morgan fingerprint density at radius 3 is 2.67 bits per heavy atom. The highest BCUT2D eigenvalue weighted by Crippen LogP contribution is 2.23. The normalized spacial score (nSPS) is 11.9. The van der Waals surface area contributed by atoms with Crippen LogP contribution < -0.4 is 11.1 Å². The molecule has 0 radical (unpaired) electrons. The van der Waals surface area contributed by atoms with Crippen molar-refractivity contribution in [3.63, 3.8) is 0 Å². The third-order valence-corrected chi connectivity index (χ3v) is 4.06. The number of unbranched alkanes of at least 4 members (excludes halogenated alkanes) is 3. The number of benzene rings is 1. The first-order valence-electron chi connectivity index (χ1n) is 8.36. The van der Waals surface area contributed by atoms with Crippen molar-refractivity contribution in [1.82, 2.24) is 10.3 Å². The number of hydrogen-bond donors (Lipinski definition) is 2. The lowest BCUT2D eigenvalue weighted by molar-refractivity contribution is -0.121. The molecular formula is C19H24ClN3O. The molecule has 3 N–H and O–H groups in total. The van der Waals surface area contributed by atoms with Crippen molar-refractivity contribution in [3.8, 4) is 0 Å². The number of carbonyl (C=O) groups is 1.